The highest BCUT2D eigenvalue weighted by atomic mass is 16.2. The second-order valence-corrected chi connectivity index (χ2v) is 6.84. The highest BCUT2D eigenvalue weighted by Gasteiger charge is 2.26. The van der Waals surface area contributed by atoms with Gasteiger partial charge in [-0.3, -0.25) is 14.8 Å². The molecule has 25 heavy (non-hydrogen) atoms. The maximum atomic E-state index is 12.5. The first-order valence-corrected chi connectivity index (χ1v) is 9.23. The zero-order valence-corrected chi connectivity index (χ0v) is 15.4. The number of carbonyl (C=O) groups excluding carboxylic acids is 1. The normalized spacial score (nSPS) is 17.8. The number of nitrogens with one attached hydrogen (secondary N) is 2. The largest absolute Gasteiger partial charge is 0.351 e. The monoisotopic (exact) mass is 340 g/mol. The molecule has 5 heteroatoms. The number of rotatable bonds is 6. The van der Waals surface area contributed by atoms with E-state index in [1.165, 1.54) is 16.8 Å². The zero-order valence-electron chi connectivity index (χ0n) is 15.4. The number of aromatic nitrogens is 2. The number of hydrogen-bond acceptors (Lipinski definition) is 3. The zero-order chi connectivity index (χ0) is 17.8. The minimum atomic E-state index is -0.232. The van der Waals surface area contributed by atoms with Crippen molar-refractivity contribution in [3.05, 3.63) is 52.8 Å². The van der Waals surface area contributed by atoms with Gasteiger partial charge < -0.3 is 5.32 Å². The number of benzene rings is 1. The molecule has 2 atom stereocenters. The number of fused-ring (bicyclic) bond motifs is 1. The molecule has 0 unspecified atom stereocenters. The molecular formula is C20H28N4O. The molecule has 0 saturated heterocycles. The first-order valence-electron chi connectivity index (χ1n) is 9.23. The minimum absolute atomic E-state index is 0.0401. The van der Waals surface area contributed by atoms with E-state index in [9.17, 15) is 4.79 Å². The fraction of sp³-hybridized carbons (Fsp3) is 0.500. The quantitative estimate of drug-likeness (QED) is 0.850. The summed E-state index contributed by atoms with van der Waals surface area (Å²) in [7, 11) is 0. The standard InChI is InChI=1S/C20H28N4O/c1-4-24-19-11-7-10-18(17(19)13-22-24)23-15(3)20(25)21-12-16-9-6-5-8-14(16)2/h5-6,8-9,13,15,18,23H,4,7,10-12H2,1-3H3,(H,21,25)/t15-,18-/m1/s1. The van der Waals surface area contributed by atoms with Crippen molar-refractivity contribution < 1.29 is 4.79 Å². The van der Waals surface area contributed by atoms with Crippen LogP contribution in [0.15, 0.2) is 30.5 Å². The Labute approximate surface area is 149 Å². The molecule has 0 bridgehead atoms. The summed E-state index contributed by atoms with van der Waals surface area (Å²) in [6.07, 6.45) is 5.23. The molecule has 2 N–H and O–H groups in total. The summed E-state index contributed by atoms with van der Waals surface area (Å²) in [4.78, 5) is 12.5. The molecule has 1 heterocycles. The van der Waals surface area contributed by atoms with Gasteiger partial charge in [-0.25, -0.2) is 0 Å². The van der Waals surface area contributed by atoms with Crippen LogP contribution in [0.2, 0.25) is 0 Å². The highest BCUT2D eigenvalue weighted by Crippen LogP contribution is 2.29. The number of hydrogen-bond donors (Lipinski definition) is 2. The lowest BCUT2D eigenvalue weighted by atomic mass is 9.92. The Balaban J connectivity index is 1.59. The topological polar surface area (TPSA) is 59.0 Å². The van der Waals surface area contributed by atoms with Gasteiger partial charge in [0.1, 0.15) is 0 Å². The molecule has 0 saturated carbocycles. The van der Waals surface area contributed by atoms with E-state index in [1.807, 2.05) is 25.3 Å². The van der Waals surface area contributed by atoms with Crippen molar-refractivity contribution in [3.8, 4) is 0 Å². The molecule has 134 valence electrons. The lowest BCUT2D eigenvalue weighted by Gasteiger charge is -2.27. The molecule has 1 aliphatic carbocycles. The summed E-state index contributed by atoms with van der Waals surface area (Å²) >= 11 is 0. The number of amides is 1. The Morgan fingerprint density at radius 3 is 2.96 bits per heavy atom. The van der Waals surface area contributed by atoms with Gasteiger partial charge in [-0.2, -0.15) is 5.10 Å². The molecular weight excluding hydrogens is 312 g/mol. The van der Waals surface area contributed by atoms with E-state index < -0.39 is 0 Å². The van der Waals surface area contributed by atoms with Gasteiger partial charge in [-0.1, -0.05) is 24.3 Å². The average molecular weight is 340 g/mol. The third-order valence-corrected chi connectivity index (χ3v) is 5.12. The summed E-state index contributed by atoms with van der Waals surface area (Å²) in [5.74, 6) is 0.0401. The average Bonchev–Trinajstić information content (AvgIpc) is 3.05. The van der Waals surface area contributed by atoms with E-state index in [2.05, 4.69) is 46.4 Å². The van der Waals surface area contributed by atoms with Crippen LogP contribution in [0.1, 0.15) is 55.1 Å². The van der Waals surface area contributed by atoms with E-state index in [0.29, 0.717) is 6.54 Å². The molecule has 1 aromatic heterocycles. The van der Waals surface area contributed by atoms with Gasteiger partial charge in [0.15, 0.2) is 0 Å². The van der Waals surface area contributed by atoms with E-state index >= 15 is 0 Å². The lowest BCUT2D eigenvalue weighted by Crippen LogP contribution is -2.44. The Kier molecular flexibility index (Phi) is 5.53. The molecule has 3 rings (SSSR count). The SMILES string of the molecule is CCn1ncc2c1CCC[C@H]2N[C@H](C)C(=O)NCc1ccccc1C. The van der Waals surface area contributed by atoms with Crippen LogP contribution in [0.25, 0.3) is 0 Å². The fourth-order valence-electron chi connectivity index (χ4n) is 3.59. The van der Waals surface area contributed by atoms with Gasteiger partial charge in [0.25, 0.3) is 0 Å². The van der Waals surface area contributed by atoms with Crippen LogP contribution in [-0.2, 0) is 24.3 Å². The van der Waals surface area contributed by atoms with Crippen LogP contribution in [0.4, 0.5) is 0 Å². The van der Waals surface area contributed by atoms with Crippen LogP contribution >= 0.6 is 0 Å². The highest BCUT2D eigenvalue weighted by molar-refractivity contribution is 5.81. The first-order chi connectivity index (χ1) is 12.1. The van der Waals surface area contributed by atoms with Crippen molar-refractivity contribution in [2.75, 3.05) is 0 Å². The Morgan fingerprint density at radius 1 is 1.40 bits per heavy atom. The van der Waals surface area contributed by atoms with Crippen LogP contribution < -0.4 is 10.6 Å². The van der Waals surface area contributed by atoms with Crippen molar-refractivity contribution in [2.45, 2.75) is 65.2 Å². The number of nitrogens with zero attached hydrogens (tertiary/aromatic N) is 2. The maximum absolute atomic E-state index is 12.5. The van der Waals surface area contributed by atoms with Gasteiger partial charge in [0.2, 0.25) is 5.91 Å². The Hall–Kier alpha value is -2.14. The molecule has 1 amide bonds. The Morgan fingerprint density at radius 2 is 2.20 bits per heavy atom. The molecule has 0 aliphatic heterocycles. The predicted octanol–water partition coefficient (Wildman–Crippen LogP) is 2.88. The molecule has 0 fully saturated rings. The van der Waals surface area contributed by atoms with E-state index in [4.69, 9.17) is 0 Å². The Bertz CT molecular complexity index is 737. The fourth-order valence-corrected chi connectivity index (χ4v) is 3.59. The minimum Gasteiger partial charge on any atom is -0.351 e. The number of carbonyl (C=O) groups is 1. The predicted molar refractivity (Wildman–Crippen MR) is 99.2 cm³/mol. The van der Waals surface area contributed by atoms with Gasteiger partial charge in [-0.05, 0) is 51.2 Å². The van der Waals surface area contributed by atoms with Crippen LogP contribution in [0.5, 0.6) is 0 Å². The van der Waals surface area contributed by atoms with Crippen molar-refractivity contribution >= 4 is 5.91 Å². The van der Waals surface area contributed by atoms with Crippen molar-refractivity contribution in [2.24, 2.45) is 0 Å². The lowest BCUT2D eigenvalue weighted by molar-refractivity contribution is -0.123. The van der Waals surface area contributed by atoms with E-state index in [0.717, 1.165) is 31.4 Å². The third kappa shape index (κ3) is 3.93. The molecule has 2 aromatic rings. The van der Waals surface area contributed by atoms with Crippen molar-refractivity contribution in [1.29, 1.82) is 0 Å². The molecule has 0 radical (unpaired) electrons. The third-order valence-electron chi connectivity index (χ3n) is 5.12. The summed E-state index contributed by atoms with van der Waals surface area (Å²) < 4.78 is 2.08. The van der Waals surface area contributed by atoms with Crippen molar-refractivity contribution in [1.82, 2.24) is 20.4 Å². The van der Waals surface area contributed by atoms with Crippen LogP contribution in [0.3, 0.4) is 0 Å². The smallest absolute Gasteiger partial charge is 0.237 e. The molecule has 0 spiro atoms. The second kappa shape index (κ2) is 7.83. The van der Waals surface area contributed by atoms with Gasteiger partial charge in [0.05, 0.1) is 12.2 Å². The maximum Gasteiger partial charge on any atom is 0.237 e. The molecule has 1 aromatic carbocycles. The molecule has 5 nitrogen and oxygen atoms in total. The number of aryl methyl sites for hydroxylation is 2. The van der Waals surface area contributed by atoms with E-state index in [1.54, 1.807) is 0 Å². The van der Waals surface area contributed by atoms with Crippen LogP contribution in [-0.4, -0.2) is 21.7 Å². The summed E-state index contributed by atoms with van der Waals surface area (Å²) in [5.41, 5.74) is 4.94. The van der Waals surface area contributed by atoms with Gasteiger partial charge in [0, 0.05) is 30.4 Å². The summed E-state index contributed by atoms with van der Waals surface area (Å²) in [6.45, 7) is 7.59. The summed E-state index contributed by atoms with van der Waals surface area (Å²) in [6, 6.07) is 8.12. The molecule has 1 aliphatic rings. The van der Waals surface area contributed by atoms with Crippen molar-refractivity contribution in [3.63, 3.8) is 0 Å². The second-order valence-electron chi connectivity index (χ2n) is 6.84. The first kappa shape index (κ1) is 17.7. The van der Waals surface area contributed by atoms with Crippen LogP contribution in [0, 0.1) is 6.92 Å². The van der Waals surface area contributed by atoms with Gasteiger partial charge >= 0.3 is 0 Å². The van der Waals surface area contributed by atoms with E-state index in [-0.39, 0.29) is 18.0 Å². The van der Waals surface area contributed by atoms with Gasteiger partial charge in [-0.15, -0.1) is 0 Å². The summed E-state index contributed by atoms with van der Waals surface area (Å²) in [5, 5.41) is 11.0.